The summed E-state index contributed by atoms with van der Waals surface area (Å²) in [6, 6.07) is 6.42. The fraction of sp³-hybridized carbons (Fsp3) is 0.611. The van der Waals surface area contributed by atoms with Gasteiger partial charge in [0.1, 0.15) is 5.82 Å². The molecule has 1 aliphatic rings. The molecule has 7 nitrogen and oxygen atoms in total. The van der Waals surface area contributed by atoms with Gasteiger partial charge in [-0.1, -0.05) is 19.9 Å². The van der Waals surface area contributed by atoms with Gasteiger partial charge >= 0.3 is 0 Å². The molecule has 0 saturated carbocycles. The van der Waals surface area contributed by atoms with Gasteiger partial charge in [-0.15, -0.1) is 0 Å². The van der Waals surface area contributed by atoms with Crippen LogP contribution in [0, 0.1) is 5.92 Å². The second-order valence-corrected chi connectivity index (χ2v) is 6.54. The number of guanidine groups is 1. The molecule has 25 heavy (non-hydrogen) atoms. The summed E-state index contributed by atoms with van der Waals surface area (Å²) in [6.45, 7) is 6.99. The Balaban J connectivity index is 1.68. The normalized spacial score (nSPS) is 16.0. The number of anilines is 1. The highest BCUT2D eigenvalue weighted by atomic mass is 16.1. The highest BCUT2D eigenvalue weighted by molar-refractivity contribution is 5.80. The lowest BCUT2D eigenvalue weighted by atomic mass is 10.1. The Morgan fingerprint density at radius 2 is 2.00 bits per heavy atom. The Morgan fingerprint density at radius 3 is 2.60 bits per heavy atom. The number of hydrogen-bond acceptors (Lipinski definition) is 4. The van der Waals surface area contributed by atoms with Gasteiger partial charge in [0.05, 0.1) is 0 Å². The van der Waals surface area contributed by atoms with Gasteiger partial charge < -0.3 is 20.9 Å². The second-order valence-electron chi connectivity index (χ2n) is 6.54. The number of hydrogen-bond donors (Lipinski definition) is 3. The largest absolute Gasteiger partial charge is 0.356 e. The van der Waals surface area contributed by atoms with E-state index in [1.807, 2.05) is 32.2 Å². The Labute approximate surface area is 150 Å². The maximum atomic E-state index is 11.5. The van der Waals surface area contributed by atoms with E-state index in [4.69, 9.17) is 0 Å². The minimum Gasteiger partial charge on any atom is -0.356 e. The van der Waals surface area contributed by atoms with Crippen LogP contribution < -0.4 is 20.9 Å². The van der Waals surface area contributed by atoms with Crippen molar-refractivity contribution in [2.75, 3.05) is 38.1 Å². The smallest absolute Gasteiger partial charge is 0.222 e. The van der Waals surface area contributed by atoms with E-state index in [0.717, 1.165) is 37.7 Å². The molecule has 138 valence electrons. The van der Waals surface area contributed by atoms with Crippen molar-refractivity contribution in [3.05, 3.63) is 24.4 Å². The van der Waals surface area contributed by atoms with Crippen molar-refractivity contribution in [3.63, 3.8) is 0 Å². The molecule has 3 N–H and O–H groups in total. The van der Waals surface area contributed by atoms with Crippen molar-refractivity contribution in [2.45, 2.75) is 32.7 Å². The van der Waals surface area contributed by atoms with Gasteiger partial charge in [-0.3, -0.25) is 9.79 Å². The molecule has 0 aliphatic carbocycles. The molecule has 1 saturated heterocycles. The van der Waals surface area contributed by atoms with E-state index in [1.54, 1.807) is 7.05 Å². The van der Waals surface area contributed by atoms with Crippen LogP contribution >= 0.6 is 0 Å². The minimum absolute atomic E-state index is 0.0155. The lowest BCUT2D eigenvalue weighted by Gasteiger charge is -2.33. The Morgan fingerprint density at radius 1 is 1.28 bits per heavy atom. The molecule has 0 unspecified atom stereocenters. The molecule has 1 fully saturated rings. The summed E-state index contributed by atoms with van der Waals surface area (Å²) in [7, 11) is 1.77. The number of nitrogens with one attached hydrogen (secondary N) is 3. The number of carbonyl (C=O) groups excluding carboxylic acids is 1. The lowest BCUT2D eigenvalue weighted by molar-refractivity contribution is -0.123. The van der Waals surface area contributed by atoms with E-state index >= 15 is 0 Å². The fourth-order valence-electron chi connectivity index (χ4n) is 2.75. The van der Waals surface area contributed by atoms with Gasteiger partial charge in [0, 0.05) is 51.4 Å². The molecule has 0 atom stereocenters. The number of pyridine rings is 1. The van der Waals surface area contributed by atoms with Gasteiger partial charge in [0.25, 0.3) is 0 Å². The number of amides is 1. The van der Waals surface area contributed by atoms with Crippen LogP contribution in [0.2, 0.25) is 0 Å². The van der Waals surface area contributed by atoms with Crippen LogP contribution in [-0.2, 0) is 4.79 Å². The van der Waals surface area contributed by atoms with Crippen LogP contribution in [0.4, 0.5) is 5.82 Å². The molecular formula is C18H30N6O. The van der Waals surface area contributed by atoms with E-state index in [2.05, 4.69) is 36.9 Å². The monoisotopic (exact) mass is 346 g/mol. The first-order chi connectivity index (χ1) is 12.1. The summed E-state index contributed by atoms with van der Waals surface area (Å²) in [5.74, 6) is 1.92. The summed E-state index contributed by atoms with van der Waals surface area (Å²) in [4.78, 5) is 22.5. The van der Waals surface area contributed by atoms with E-state index in [-0.39, 0.29) is 11.8 Å². The third kappa shape index (κ3) is 6.25. The van der Waals surface area contributed by atoms with Gasteiger partial charge in [-0.2, -0.15) is 0 Å². The predicted molar refractivity (Wildman–Crippen MR) is 102 cm³/mol. The third-order valence-corrected chi connectivity index (χ3v) is 4.27. The number of aromatic nitrogens is 1. The first-order valence-electron chi connectivity index (χ1n) is 9.01. The fourth-order valence-corrected chi connectivity index (χ4v) is 2.75. The van der Waals surface area contributed by atoms with Gasteiger partial charge in [0.15, 0.2) is 5.96 Å². The summed E-state index contributed by atoms with van der Waals surface area (Å²) in [5, 5.41) is 9.61. The van der Waals surface area contributed by atoms with Crippen molar-refractivity contribution in [1.82, 2.24) is 20.9 Å². The van der Waals surface area contributed by atoms with E-state index in [0.29, 0.717) is 19.1 Å². The van der Waals surface area contributed by atoms with Gasteiger partial charge in [-0.25, -0.2) is 4.98 Å². The van der Waals surface area contributed by atoms with Crippen LogP contribution in [-0.4, -0.2) is 56.1 Å². The summed E-state index contributed by atoms with van der Waals surface area (Å²) in [5.41, 5.74) is 0. The average molecular weight is 346 g/mol. The highest BCUT2D eigenvalue weighted by Gasteiger charge is 2.20. The molecule has 7 heteroatoms. The van der Waals surface area contributed by atoms with E-state index < -0.39 is 0 Å². The van der Waals surface area contributed by atoms with Crippen molar-refractivity contribution < 1.29 is 4.79 Å². The maximum Gasteiger partial charge on any atom is 0.222 e. The van der Waals surface area contributed by atoms with Crippen LogP contribution in [0.3, 0.4) is 0 Å². The lowest BCUT2D eigenvalue weighted by Crippen LogP contribution is -2.50. The number of carbonyl (C=O) groups is 1. The first kappa shape index (κ1) is 19.0. The number of aliphatic imine (C=N–C) groups is 1. The third-order valence-electron chi connectivity index (χ3n) is 4.27. The Bertz CT molecular complexity index is 552. The van der Waals surface area contributed by atoms with E-state index in [9.17, 15) is 4.79 Å². The van der Waals surface area contributed by atoms with Crippen LogP contribution in [0.25, 0.3) is 0 Å². The molecule has 1 aromatic heterocycles. The molecular weight excluding hydrogens is 316 g/mol. The summed E-state index contributed by atoms with van der Waals surface area (Å²) >= 11 is 0. The van der Waals surface area contributed by atoms with Crippen molar-refractivity contribution in [2.24, 2.45) is 10.9 Å². The molecule has 1 aromatic rings. The van der Waals surface area contributed by atoms with Crippen LogP contribution in [0.1, 0.15) is 26.7 Å². The topological polar surface area (TPSA) is 81.6 Å². The molecule has 0 spiro atoms. The maximum absolute atomic E-state index is 11.5. The van der Waals surface area contributed by atoms with E-state index in [1.165, 1.54) is 0 Å². The van der Waals surface area contributed by atoms with Crippen molar-refractivity contribution in [1.29, 1.82) is 0 Å². The summed E-state index contributed by atoms with van der Waals surface area (Å²) in [6.07, 6.45) is 3.92. The Kier molecular flexibility index (Phi) is 7.50. The molecule has 1 aliphatic heterocycles. The van der Waals surface area contributed by atoms with Crippen molar-refractivity contribution >= 4 is 17.7 Å². The highest BCUT2D eigenvalue weighted by Crippen LogP contribution is 2.17. The molecule has 0 aromatic carbocycles. The van der Waals surface area contributed by atoms with Gasteiger partial charge in [0.2, 0.25) is 5.91 Å². The summed E-state index contributed by atoms with van der Waals surface area (Å²) < 4.78 is 0. The van der Waals surface area contributed by atoms with Gasteiger partial charge in [-0.05, 0) is 25.0 Å². The SMILES string of the molecule is CN=C(NCCNC(=O)C(C)C)NC1CCN(c2ccccn2)CC1. The zero-order chi connectivity index (χ0) is 18.1. The molecule has 2 heterocycles. The standard InChI is InChI=1S/C18H30N6O/c1-14(2)17(25)21-10-11-22-18(19-3)23-15-7-12-24(13-8-15)16-6-4-5-9-20-16/h4-6,9,14-15H,7-8,10-13H2,1-3H3,(H,21,25)(H2,19,22,23). The second kappa shape index (κ2) is 9.86. The van der Waals surface area contributed by atoms with Crippen LogP contribution in [0.5, 0.6) is 0 Å². The average Bonchev–Trinajstić information content (AvgIpc) is 2.65. The van der Waals surface area contributed by atoms with Crippen molar-refractivity contribution in [3.8, 4) is 0 Å². The predicted octanol–water partition coefficient (Wildman–Crippen LogP) is 0.988. The number of nitrogens with zero attached hydrogens (tertiary/aromatic N) is 3. The molecule has 1 amide bonds. The molecule has 2 rings (SSSR count). The zero-order valence-electron chi connectivity index (χ0n) is 15.5. The number of rotatable bonds is 6. The Hall–Kier alpha value is -2.31. The molecule has 0 bridgehead atoms. The molecule has 0 radical (unpaired) electrons. The minimum atomic E-state index is 0.0155. The quantitative estimate of drug-likeness (QED) is 0.406. The number of piperidine rings is 1. The first-order valence-corrected chi connectivity index (χ1v) is 9.01. The zero-order valence-corrected chi connectivity index (χ0v) is 15.5. The van der Waals surface area contributed by atoms with Crippen LogP contribution in [0.15, 0.2) is 29.4 Å².